The number of esters is 2. The van der Waals surface area contributed by atoms with Crippen molar-refractivity contribution in [1.82, 2.24) is 30.1 Å². The van der Waals surface area contributed by atoms with Gasteiger partial charge in [-0.15, -0.1) is 0 Å². The first-order valence-electron chi connectivity index (χ1n) is 31.2. The Labute approximate surface area is 568 Å². The van der Waals surface area contributed by atoms with Crippen LogP contribution in [0.3, 0.4) is 0 Å². The molecule has 9 aromatic rings. The number of piperidine rings is 3. The summed E-state index contributed by atoms with van der Waals surface area (Å²) < 4.78 is 9.80. The number of rotatable bonds is 15. The molecule has 0 bridgehead atoms. The van der Waals surface area contributed by atoms with E-state index in [2.05, 4.69) is 32.4 Å². The minimum atomic E-state index is -1.45. The predicted molar refractivity (Wildman–Crippen MR) is 365 cm³/mol. The van der Waals surface area contributed by atoms with E-state index in [4.69, 9.17) is 49.4 Å². The number of hydrogen-bond donors (Lipinski definition) is 3. The fourth-order valence-electron chi connectivity index (χ4n) is 12.3. The van der Waals surface area contributed by atoms with Crippen molar-refractivity contribution in [3.8, 4) is 0 Å². The number of carbonyl (C=O) groups is 9. The van der Waals surface area contributed by atoms with E-state index >= 15 is 0 Å². The fraction of sp³-hybridized carbons (Fsp3) is 0.270. The van der Waals surface area contributed by atoms with E-state index in [1.54, 1.807) is 46.2 Å². The van der Waals surface area contributed by atoms with Gasteiger partial charge in [-0.25, -0.2) is 19.2 Å². The molecule has 0 unspecified atom stereocenters. The molecule has 0 spiro atoms. The Hall–Kier alpha value is -9.79. The Kier molecular flexibility index (Phi) is 24.6. The third-order valence-electron chi connectivity index (χ3n) is 17.2. The van der Waals surface area contributed by atoms with Crippen LogP contribution in [0.4, 0.5) is 0 Å². The van der Waals surface area contributed by atoms with Gasteiger partial charge < -0.3 is 34.8 Å². The van der Waals surface area contributed by atoms with E-state index in [1.807, 2.05) is 91.0 Å². The summed E-state index contributed by atoms with van der Waals surface area (Å²) in [7, 11) is 2.81. The van der Waals surface area contributed by atoms with Gasteiger partial charge in [0.1, 0.15) is 0 Å². The van der Waals surface area contributed by atoms with Gasteiger partial charge in [-0.1, -0.05) is 126 Å². The van der Waals surface area contributed by atoms with Crippen LogP contribution in [0.15, 0.2) is 164 Å². The molecule has 3 aliphatic heterocycles. The maximum Gasteiger partial charge on any atom is 0.372 e. The molecular formula is C74H69Cl3N6O13. The number of aromatic nitrogens is 3. The number of amides is 2. The molecule has 0 atom stereocenters. The number of fused-ring (bicyclic) bond motifs is 3. The number of nitrogens with one attached hydrogen (secondary N) is 1. The van der Waals surface area contributed by atoms with Crippen LogP contribution < -0.4 is 5.32 Å². The molecule has 3 saturated heterocycles. The molecule has 96 heavy (non-hydrogen) atoms. The summed E-state index contributed by atoms with van der Waals surface area (Å²) in [6, 6.07) is 44.4. The lowest BCUT2D eigenvalue weighted by Crippen LogP contribution is -2.42. The minimum absolute atomic E-state index is 0.0322. The zero-order chi connectivity index (χ0) is 68.4. The molecule has 6 aromatic carbocycles. The van der Waals surface area contributed by atoms with E-state index in [1.165, 1.54) is 49.8 Å². The number of halogens is 3. The Bertz CT molecular complexity index is 4340. The lowest BCUT2D eigenvalue weighted by molar-refractivity contribution is -0.148. The Morgan fingerprint density at radius 2 is 0.729 bits per heavy atom. The maximum atomic E-state index is 12.6. The number of likely N-dealkylation sites (tertiary alicyclic amines) is 2. The number of methoxy groups -OCH3 is 2. The topological polar surface area (TPSA) is 270 Å². The van der Waals surface area contributed by atoms with Crippen LogP contribution >= 0.6 is 34.8 Å². The summed E-state index contributed by atoms with van der Waals surface area (Å²) in [5.41, 5.74) is 6.52. The number of aliphatic carboxylic acids is 1. The summed E-state index contributed by atoms with van der Waals surface area (Å²) >= 11 is 17.2. The van der Waals surface area contributed by atoms with Crippen molar-refractivity contribution in [1.29, 1.82) is 0 Å². The second-order valence-corrected chi connectivity index (χ2v) is 24.5. The van der Waals surface area contributed by atoms with Gasteiger partial charge in [0, 0.05) is 61.9 Å². The van der Waals surface area contributed by atoms with Crippen LogP contribution in [0, 0.1) is 0 Å². The van der Waals surface area contributed by atoms with Crippen molar-refractivity contribution in [2.75, 3.05) is 53.5 Å². The van der Waals surface area contributed by atoms with Crippen molar-refractivity contribution in [2.45, 2.75) is 75.5 Å². The third-order valence-corrected chi connectivity index (χ3v) is 17.9. The highest BCUT2D eigenvalue weighted by Gasteiger charge is 2.31. The van der Waals surface area contributed by atoms with Gasteiger partial charge in [0.2, 0.25) is 17.3 Å². The summed E-state index contributed by atoms with van der Waals surface area (Å²) in [6.45, 7) is 4.12. The molecule has 3 aliphatic rings. The number of ether oxygens (including phenoxy) is 2. The molecule has 6 heterocycles. The van der Waals surface area contributed by atoms with E-state index in [-0.39, 0.29) is 48.6 Å². The Morgan fingerprint density at radius 3 is 1.04 bits per heavy atom. The lowest BCUT2D eigenvalue weighted by Gasteiger charge is -2.32. The number of Topliss-reactive ketones (excluding diaryl/α,β-unsaturated/α-hetero) is 3. The number of carboxylic acids is 2. The van der Waals surface area contributed by atoms with Crippen molar-refractivity contribution in [3.05, 3.63) is 230 Å². The van der Waals surface area contributed by atoms with Crippen molar-refractivity contribution in [2.24, 2.45) is 0 Å². The van der Waals surface area contributed by atoms with Crippen molar-refractivity contribution >= 4 is 120 Å². The van der Waals surface area contributed by atoms with Gasteiger partial charge in [0.25, 0.3) is 11.8 Å². The van der Waals surface area contributed by atoms with Crippen molar-refractivity contribution in [3.63, 3.8) is 0 Å². The second kappa shape index (κ2) is 33.5. The quantitative estimate of drug-likeness (QED) is 0.0636. The summed E-state index contributed by atoms with van der Waals surface area (Å²) in [4.78, 5) is 122. The number of nitrogens with zero attached hydrogens (tertiary/aromatic N) is 5. The zero-order valence-electron chi connectivity index (χ0n) is 52.7. The third kappa shape index (κ3) is 18.0. The van der Waals surface area contributed by atoms with Gasteiger partial charge in [-0.3, -0.25) is 38.9 Å². The first kappa shape index (κ1) is 70.5. The SMILES string of the molecule is COC(=O)c1ccc(C2CCN(C(=O)C(=O)Cc3ccc(Cl)cn3)CC2)c2ccccc12.COC(=O)c1ccc(C2CCNCC2)c2ccccc12.O=C(Cc1ccc(Cl)cn1)C(=O)N1CCC(c2ccc(C(=O)O)c3ccccc23)CC1.O=C(O)C(=O)Cc1ccc(Cl)cn1. The first-order chi connectivity index (χ1) is 46.3. The molecule has 19 nitrogen and oxygen atoms in total. The fourth-order valence-corrected chi connectivity index (χ4v) is 12.7. The molecule has 494 valence electrons. The summed E-state index contributed by atoms with van der Waals surface area (Å²) in [6.07, 6.45) is 9.26. The average molecular weight is 1360 g/mol. The van der Waals surface area contributed by atoms with E-state index in [9.17, 15) is 48.3 Å². The molecule has 3 fully saturated rings. The van der Waals surface area contributed by atoms with Crippen LogP contribution in [0.2, 0.25) is 15.1 Å². The number of benzene rings is 6. The Morgan fingerprint density at radius 1 is 0.417 bits per heavy atom. The van der Waals surface area contributed by atoms with E-state index in [0.29, 0.717) is 88.2 Å². The van der Waals surface area contributed by atoms with Crippen LogP contribution in [0.5, 0.6) is 0 Å². The number of hydrogen-bond acceptors (Lipinski definition) is 15. The number of ketones is 3. The van der Waals surface area contributed by atoms with Gasteiger partial charge in [-0.05, 0) is 173 Å². The number of carboxylic acid groups (broad SMARTS) is 2. The standard InChI is InChI=1S/C25H23ClN2O4.C24H21ClN2O4.C17H19NO2.C8H6ClNO3/c1-32-25(31)22-9-8-19(20-4-2-3-5-21(20)22)16-10-12-28(13-11-16)24(30)23(29)14-18-7-6-17(26)15-27-18;25-16-5-6-17(26-14-16)13-22(28)23(29)27-11-9-15(10-12-27)18-7-8-21(24(30)31)20-4-2-1-3-19(18)20;1-20-17(19)16-7-6-13(12-8-10-18-11-9-12)14-4-2-3-5-15(14)16;9-5-1-2-6(10-4-5)3-7(11)8(12)13/h2-9,15-16H,10-14H2,1H3;1-8,14-15H,9-13H2,(H,30,31);2-7,12,18H,8-11H2,1H3;1-2,4H,3H2,(H,12,13). The molecule has 22 heteroatoms. The Balaban J connectivity index is 0.000000158. The monoisotopic (exact) mass is 1350 g/mol. The smallest absolute Gasteiger partial charge is 0.372 e. The second-order valence-electron chi connectivity index (χ2n) is 23.2. The summed E-state index contributed by atoms with van der Waals surface area (Å²) in [5, 5.41) is 28.3. The maximum absolute atomic E-state index is 12.6. The highest BCUT2D eigenvalue weighted by molar-refractivity contribution is 6.37. The number of pyridine rings is 3. The molecule has 2 amide bonds. The van der Waals surface area contributed by atoms with E-state index in [0.717, 1.165) is 76.8 Å². The molecular weight excluding hydrogens is 1290 g/mol. The zero-order valence-corrected chi connectivity index (χ0v) is 55.0. The molecule has 3 N–H and O–H groups in total. The highest BCUT2D eigenvalue weighted by atomic mass is 35.5. The van der Waals surface area contributed by atoms with Gasteiger partial charge in [0.15, 0.2) is 0 Å². The average Bonchev–Trinajstić information content (AvgIpc) is 0.799. The predicted octanol–water partition coefficient (Wildman–Crippen LogP) is 12.3. The highest BCUT2D eigenvalue weighted by Crippen LogP contribution is 2.38. The van der Waals surface area contributed by atoms with Gasteiger partial charge in [0.05, 0.1) is 65.2 Å². The normalized spacial score (nSPS) is 14.2. The van der Waals surface area contributed by atoms with Crippen LogP contribution in [-0.4, -0.2) is 141 Å². The number of aromatic carboxylic acids is 1. The lowest BCUT2D eigenvalue weighted by atomic mass is 9.85. The first-order valence-corrected chi connectivity index (χ1v) is 32.3. The van der Waals surface area contributed by atoms with Crippen LogP contribution in [-0.2, 0) is 57.5 Å². The molecule has 0 aliphatic carbocycles. The van der Waals surface area contributed by atoms with Gasteiger partial charge in [-0.2, -0.15) is 0 Å². The molecule has 0 saturated carbocycles. The summed E-state index contributed by atoms with van der Waals surface area (Å²) in [5.74, 6) is -4.78. The minimum Gasteiger partial charge on any atom is -0.478 e. The molecule has 3 aromatic heterocycles. The van der Waals surface area contributed by atoms with Crippen LogP contribution in [0.25, 0.3) is 32.3 Å². The molecule has 0 radical (unpaired) electrons. The van der Waals surface area contributed by atoms with Crippen LogP contribution in [0.1, 0.15) is 121 Å². The largest absolute Gasteiger partial charge is 0.478 e. The number of carbonyl (C=O) groups excluding carboxylic acids is 7. The van der Waals surface area contributed by atoms with Crippen molar-refractivity contribution < 1.29 is 62.8 Å². The van der Waals surface area contributed by atoms with Gasteiger partial charge >= 0.3 is 23.9 Å². The molecule has 12 rings (SSSR count). The van der Waals surface area contributed by atoms with E-state index < -0.39 is 41.1 Å².